The number of hydrogen-bond acceptors (Lipinski definition) is 6. The lowest BCUT2D eigenvalue weighted by molar-refractivity contribution is -0.115. The Balaban J connectivity index is 1.30. The van der Waals surface area contributed by atoms with Gasteiger partial charge < -0.3 is 14.8 Å². The summed E-state index contributed by atoms with van der Waals surface area (Å²) in [4.78, 5) is 17.1. The Hall–Kier alpha value is -4.15. The van der Waals surface area contributed by atoms with Crippen LogP contribution < -0.4 is 14.8 Å². The summed E-state index contributed by atoms with van der Waals surface area (Å²) in [5.41, 5.74) is 4.06. The molecule has 170 valence electrons. The van der Waals surface area contributed by atoms with Crippen molar-refractivity contribution in [1.82, 2.24) is 4.98 Å². The van der Waals surface area contributed by atoms with Crippen molar-refractivity contribution >= 4 is 22.9 Å². The molecule has 0 aliphatic carbocycles. The third kappa shape index (κ3) is 6.21. The predicted octanol–water partition coefficient (Wildman–Crippen LogP) is 6.18. The Kier molecular flexibility index (Phi) is 7.21. The molecule has 0 spiro atoms. The second-order valence-electron chi connectivity index (χ2n) is 7.77. The topological polar surface area (TPSA) is 84.2 Å². The van der Waals surface area contributed by atoms with Crippen LogP contribution in [0.15, 0.2) is 72.1 Å². The summed E-state index contributed by atoms with van der Waals surface area (Å²) in [6.07, 6.45) is 0.184. The SMILES string of the molecule is Cc1ccc(OCc2nc(CC(=O)Nc3ccc(Oc4ccc(C#N)cc4)cc3C)cs2)cc1. The van der Waals surface area contributed by atoms with Gasteiger partial charge in [-0.2, -0.15) is 5.26 Å². The monoisotopic (exact) mass is 469 g/mol. The van der Waals surface area contributed by atoms with E-state index in [9.17, 15) is 4.79 Å². The quantitative estimate of drug-likeness (QED) is 0.333. The summed E-state index contributed by atoms with van der Waals surface area (Å²) < 4.78 is 11.6. The summed E-state index contributed by atoms with van der Waals surface area (Å²) in [6, 6.07) is 22.3. The molecule has 0 unspecified atom stereocenters. The first-order chi connectivity index (χ1) is 16.5. The molecule has 4 rings (SSSR count). The highest BCUT2D eigenvalue weighted by Gasteiger charge is 2.11. The number of anilines is 1. The summed E-state index contributed by atoms with van der Waals surface area (Å²) >= 11 is 1.48. The molecule has 0 atom stereocenters. The molecule has 34 heavy (non-hydrogen) atoms. The Bertz CT molecular complexity index is 1320. The van der Waals surface area contributed by atoms with E-state index in [1.165, 1.54) is 16.9 Å². The first-order valence-corrected chi connectivity index (χ1v) is 11.6. The van der Waals surface area contributed by atoms with Crippen LogP contribution in [0.4, 0.5) is 5.69 Å². The average molecular weight is 470 g/mol. The fraction of sp³-hybridized carbons (Fsp3) is 0.148. The van der Waals surface area contributed by atoms with Crippen LogP contribution in [-0.2, 0) is 17.8 Å². The molecule has 0 aliphatic rings. The Labute approximate surface area is 202 Å². The van der Waals surface area contributed by atoms with E-state index in [-0.39, 0.29) is 12.3 Å². The molecule has 0 fully saturated rings. The van der Waals surface area contributed by atoms with Crippen LogP contribution in [0, 0.1) is 25.2 Å². The van der Waals surface area contributed by atoms with E-state index < -0.39 is 0 Å². The maximum Gasteiger partial charge on any atom is 0.230 e. The molecule has 1 aromatic heterocycles. The molecule has 1 N–H and O–H groups in total. The highest BCUT2D eigenvalue weighted by molar-refractivity contribution is 7.09. The number of nitrogens with zero attached hydrogens (tertiary/aromatic N) is 2. The summed E-state index contributed by atoms with van der Waals surface area (Å²) in [6.45, 7) is 4.31. The highest BCUT2D eigenvalue weighted by Crippen LogP contribution is 2.26. The molecule has 0 saturated heterocycles. The fourth-order valence-electron chi connectivity index (χ4n) is 3.21. The van der Waals surface area contributed by atoms with E-state index in [2.05, 4.69) is 16.4 Å². The number of hydrogen-bond donors (Lipinski definition) is 1. The molecular formula is C27H23N3O3S. The minimum absolute atomic E-state index is 0.139. The first kappa shape index (κ1) is 23.0. The molecule has 3 aromatic carbocycles. The zero-order valence-corrected chi connectivity index (χ0v) is 19.7. The number of carbonyl (C=O) groups excluding carboxylic acids is 1. The maximum atomic E-state index is 12.6. The molecule has 0 radical (unpaired) electrons. The van der Waals surface area contributed by atoms with Crippen LogP contribution in [0.2, 0.25) is 0 Å². The minimum atomic E-state index is -0.139. The maximum absolute atomic E-state index is 12.6. The average Bonchev–Trinajstić information content (AvgIpc) is 3.28. The predicted molar refractivity (Wildman–Crippen MR) is 132 cm³/mol. The zero-order valence-electron chi connectivity index (χ0n) is 18.9. The molecular weight excluding hydrogens is 446 g/mol. The van der Waals surface area contributed by atoms with Crippen molar-refractivity contribution in [3.05, 3.63) is 99.5 Å². The lowest BCUT2D eigenvalue weighted by Crippen LogP contribution is -2.15. The summed E-state index contributed by atoms with van der Waals surface area (Å²) in [5.74, 6) is 1.95. The number of nitriles is 1. The largest absolute Gasteiger partial charge is 0.486 e. The van der Waals surface area contributed by atoms with Crippen LogP contribution in [0.1, 0.15) is 27.4 Å². The van der Waals surface area contributed by atoms with Crippen molar-refractivity contribution in [3.8, 4) is 23.3 Å². The summed E-state index contributed by atoms with van der Waals surface area (Å²) in [7, 11) is 0. The van der Waals surface area contributed by atoms with Crippen LogP contribution in [0.25, 0.3) is 0 Å². The van der Waals surface area contributed by atoms with Gasteiger partial charge in [-0.15, -0.1) is 11.3 Å². The number of carbonyl (C=O) groups is 1. The van der Waals surface area contributed by atoms with Gasteiger partial charge in [-0.3, -0.25) is 4.79 Å². The van der Waals surface area contributed by atoms with Crippen LogP contribution >= 0.6 is 11.3 Å². The van der Waals surface area contributed by atoms with Gasteiger partial charge in [0.25, 0.3) is 0 Å². The van der Waals surface area contributed by atoms with Crippen molar-refractivity contribution in [1.29, 1.82) is 5.26 Å². The number of aromatic nitrogens is 1. The van der Waals surface area contributed by atoms with Gasteiger partial charge in [-0.25, -0.2) is 4.98 Å². The van der Waals surface area contributed by atoms with Crippen molar-refractivity contribution in [3.63, 3.8) is 0 Å². The van der Waals surface area contributed by atoms with Crippen molar-refractivity contribution in [2.45, 2.75) is 26.9 Å². The van der Waals surface area contributed by atoms with Gasteiger partial charge in [0, 0.05) is 11.1 Å². The fourth-order valence-corrected chi connectivity index (χ4v) is 3.91. The van der Waals surface area contributed by atoms with Crippen LogP contribution in [0.3, 0.4) is 0 Å². The standard InChI is InChI=1S/C27H23N3O3S/c1-18-3-7-22(8-4-18)32-16-27-29-21(17-34-27)14-26(31)30-25-12-11-24(13-19(25)2)33-23-9-5-20(15-28)6-10-23/h3-13,17H,14,16H2,1-2H3,(H,30,31). The molecule has 7 heteroatoms. The molecule has 0 saturated carbocycles. The first-order valence-electron chi connectivity index (χ1n) is 10.7. The highest BCUT2D eigenvalue weighted by atomic mass is 32.1. The van der Waals surface area contributed by atoms with Crippen molar-refractivity contribution in [2.24, 2.45) is 0 Å². The van der Waals surface area contributed by atoms with E-state index in [0.29, 0.717) is 29.4 Å². The number of aryl methyl sites for hydroxylation is 2. The van der Waals surface area contributed by atoms with Gasteiger partial charge >= 0.3 is 0 Å². The van der Waals surface area contributed by atoms with E-state index >= 15 is 0 Å². The molecule has 6 nitrogen and oxygen atoms in total. The Morgan fingerprint density at radius 2 is 1.71 bits per heavy atom. The second kappa shape index (κ2) is 10.6. The lowest BCUT2D eigenvalue weighted by Gasteiger charge is -2.11. The van der Waals surface area contributed by atoms with Crippen LogP contribution in [-0.4, -0.2) is 10.9 Å². The number of nitrogens with one attached hydrogen (secondary N) is 1. The second-order valence-corrected chi connectivity index (χ2v) is 8.72. The number of rotatable bonds is 8. The third-order valence-corrected chi connectivity index (χ3v) is 5.89. The molecule has 0 aliphatic heterocycles. The van der Waals surface area contributed by atoms with Crippen molar-refractivity contribution < 1.29 is 14.3 Å². The van der Waals surface area contributed by atoms with Gasteiger partial charge in [-0.1, -0.05) is 17.7 Å². The number of benzene rings is 3. The Morgan fingerprint density at radius 1 is 1.00 bits per heavy atom. The van der Waals surface area contributed by atoms with E-state index in [4.69, 9.17) is 14.7 Å². The van der Waals surface area contributed by atoms with Gasteiger partial charge in [0.05, 0.1) is 23.7 Å². The Morgan fingerprint density at radius 3 is 2.41 bits per heavy atom. The summed E-state index contributed by atoms with van der Waals surface area (Å²) in [5, 5.41) is 14.5. The van der Waals surface area contributed by atoms with Crippen molar-refractivity contribution in [2.75, 3.05) is 5.32 Å². The minimum Gasteiger partial charge on any atom is -0.486 e. The number of ether oxygens (including phenoxy) is 2. The van der Waals surface area contributed by atoms with E-state index in [0.717, 1.165) is 22.0 Å². The van der Waals surface area contributed by atoms with E-state index in [1.54, 1.807) is 30.3 Å². The number of amides is 1. The third-order valence-electron chi connectivity index (χ3n) is 5.02. The van der Waals surface area contributed by atoms with Gasteiger partial charge in [0.2, 0.25) is 5.91 Å². The molecule has 0 bridgehead atoms. The lowest BCUT2D eigenvalue weighted by atomic mass is 10.2. The van der Waals surface area contributed by atoms with Gasteiger partial charge in [0.1, 0.15) is 28.9 Å². The molecule has 1 amide bonds. The normalized spacial score (nSPS) is 10.4. The van der Waals surface area contributed by atoms with Crippen LogP contribution in [0.5, 0.6) is 17.2 Å². The van der Waals surface area contributed by atoms with E-state index in [1.807, 2.05) is 55.6 Å². The molecule has 1 heterocycles. The van der Waals surface area contributed by atoms with Gasteiger partial charge in [0.15, 0.2) is 0 Å². The number of thiazole rings is 1. The smallest absolute Gasteiger partial charge is 0.230 e. The molecule has 4 aromatic rings. The van der Waals surface area contributed by atoms with Gasteiger partial charge in [-0.05, 0) is 74.0 Å². The zero-order chi connectivity index (χ0) is 23.9.